The summed E-state index contributed by atoms with van der Waals surface area (Å²) < 4.78 is 0. The van der Waals surface area contributed by atoms with Crippen LogP contribution >= 0.6 is 0 Å². The molecule has 0 aliphatic heterocycles. The van der Waals surface area contributed by atoms with Crippen LogP contribution in [0, 0.1) is 12.3 Å². The highest BCUT2D eigenvalue weighted by atomic mass is 16.1. The quantitative estimate of drug-likeness (QED) is 0.695. The zero-order chi connectivity index (χ0) is 14.0. The Morgan fingerprint density at radius 3 is 2.11 bits per heavy atom. The number of rotatable bonds is 2. The number of carbonyl (C=O) groups excluding carboxylic acids is 1. The average Bonchev–Trinajstić information content (AvgIpc) is 2.38. The van der Waals surface area contributed by atoms with Gasteiger partial charge in [-0.25, -0.2) is 0 Å². The Morgan fingerprint density at radius 1 is 0.895 bits per heavy atom. The van der Waals surface area contributed by atoms with E-state index in [2.05, 4.69) is 18.2 Å². The molecule has 0 heterocycles. The van der Waals surface area contributed by atoms with Gasteiger partial charge in [0.2, 0.25) is 0 Å². The molecule has 2 aromatic carbocycles. The first-order chi connectivity index (χ1) is 8.91. The van der Waals surface area contributed by atoms with E-state index in [1.165, 1.54) is 0 Å². The highest BCUT2D eigenvalue weighted by Gasteiger charge is 2.24. The minimum atomic E-state index is -0.347. The van der Waals surface area contributed by atoms with Gasteiger partial charge < -0.3 is 0 Å². The smallest absolute Gasteiger partial charge is 0.168 e. The van der Waals surface area contributed by atoms with E-state index in [0.717, 1.165) is 22.3 Å². The first-order valence-corrected chi connectivity index (χ1v) is 6.61. The van der Waals surface area contributed by atoms with Crippen LogP contribution in [0.25, 0.3) is 11.1 Å². The van der Waals surface area contributed by atoms with Crippen LogP contribution in [0.4, 0.5) is 0 Å². The lowest BCUT2D eigenvalue weighted by molar-refractivity contribution is 0.0857. The molecule has 0 aliphatic carbocycles. The molecular weight excluding hydrogens is 232 g/mol. The third-order valence-electron chi connectivity index (χ3n) is 3.34. The van der Waals surface area contributed by atoms with Crippen molar-refractivity contribution in [2.24, 2.45) is 5.41 Å². The molecule has 19 heavy (non-hydrogen) atoms. The molecule has 0 spiro atoms. The standard InChI is InChI=1S/C18H20O/c1-13-15(14-9-6-5-7-10-14)11-8-12-16(13)17(19)18(2,3)4/h5-12H,1-4H3. The van der Waals surface area contributed by atoms with E-state index in [4.69, 9.17) is 0 Å². The highest BCUT2D eigenvalue weighted by molar-refractivity contribution is 6.02. The number of ketones is 1. The molecule has 0 aliphatic rings. The van der Waals surface area contributed by atoms with Crippen molar-refractivity contribution < 1.29 is 4.79 Å². The SMILES string of the molecule is Cc1c(C(=O)C(C)(C)C)cccc1-c1ccccc1. The Kier molecular flexibility index (Phi) is 3.57. The van der Waals surface area contributed by atoms with Crippen LogP contribution in [0.2, 0.25) is 0 Å². The monoisotopic (exact) mass is 252 g/mol. The molecule has 0 N–H and O–H groups in total. The van der Waals surface area contributed by atoms with Gasteiger partial charge in [-0.2, -0.15) is 0 Å². The van der Waals surface area contributed by atoms with Gasteiger partial charge in [-0.05, 0) is 23.6 Å². The van der Waals surface area contributed by atoms with Gasteiger partial charge in [-0.15, -0.1) is 0 Å². The second-order valence-electron chi connectivity index (χ2n) is 5.92. The van der Waals surface area contributed by atoms with E-state index in [1.54, 1.807) is 0 Å². The van der Waals surface area contributed by atoms with Gasteiger partial charge in [-0.3, -0.25) is 4.79 Å². The van der Waals surface area contributed by atoms with E-state index >= 15 is 0 Å². The van der Waals surface area contributed by atoms with Crippen LogP contribution in [-0.2, 0) is 0 Å². The normalized spacial score (nSPS) is 11.4. The van der Waals surface area contributed by atoms with Crippen molar-refractivity contribution in [1.82, 2.24) is 0 Å². The maximum atomic E-state index is 12.5. The van der Waals surface area contributed by atoms with E-state index in [0.29, 0.717) is 0 Å². The lowest BCUT2D eigenvalue weighted by Gasteiger charge is -2.19. The molecule has 0 atom stereocenters. The first-order valence-electron chi connectivity index (χ1n) is 6.61. The van der Waals surface area contributed by atoms with Crippen LogP contribution in [0.1, 0.15) is 36.7 Å². The zero-order valence-electron chi connectivity index (χ0n) is 12.0. The summed E-state index contributed by atoms with van der Waals surface area (Å²) in [4.78, 5) is 12.5. The van der Waals surface area contributed by atoms with E-state index in [-0.39, 0.29) is 11.2 Å². The topological polar surface area (TPSA) is 17.1 Å². The molecule has 0 saturated heterocycles. The van der Waals surface area contributed by atoms with Gasteiger partial charge in [-0.1, -0.05) is 69.3 Å². The van der Waals surface area contributed by atoms with Crippen molar-refractivity contribution in [2.45, 2.75) is 27.7 Å². The Morgan fingerprint density at radius 2 is 1.53 bits per heavy atom. The van der Waals surface area contributed by atoms with Crippen molar-refractivity contribution in [2.75, 3.05) is 0 Å². The summed E-state index contributed by atoms with van der Waals surface area (Å²) >= 11 is 0. The van der Waals surface area contributed by atoms with Gasteiger partial charge in [0.15, 0.2) is 5.78 Å². The maximum absolute atomic E-state index is 12.5. The second-order valence-corrected chi connectivity index (χ2v) is 5.92. The zero-order valence-corrected chi connectivity index (χ0v) is 12.0. The van der Waals surface area contributed by atoms with Crippen molar-refractivity contribution in [1.29, 1.82) is 0 Å². The van der Waals surface area contributed by atoms with Crippen LogP contribution < -0.4 is 0 Å². The Hall–Kier alpha value is -1.89. The molecule has 0 saturated carbocycles. The lowest BCUT2D eigenvalue weighted by atomic mass is 9.83. The molecule has 2 aromatic rings. The molecule has 2 rings (SSSR count). The third kappa shape index (κ3) is 2.76. The largest absolute Gasteiger partial charge is 0.294 e. The molecule has 0 unspecified atom stereocenters. The van der Waals surface area contributed by atoms with Gasteiger partial charge in [0, 0.05) is 11.0 Å². The number of hydrogen-bond donors (Lipinski definition) is 0. The van der Waals surface area contributed by atoms with Crippen LogP contribution in [0.5, 0.6) is 0 Å². The third-order valence-corrected chi connectivity index (χ3v) is 3.34. The molecule has 0 radical (unpaired) electrons. The highest BCUT2D eigenvalue weighted by Crippen LogP contribution is 2.29. The number of hydrogen-bond acceptors (Lipinski definition) is 1. The van der Waals surface area contributed by atoms with E-state index in [1.807, 2.05) is 58.0 Å². The molecule has 1 nitrogen and oxygen atoms in total. The summed E-state index contributed by atoms with van der Waals surface area (Å²) in [5.41, 5.74) is 3.84. The number of Topliss-reactive ketones (excluding diaryl/α,β-unsaturated/α-hetero) is 1. The Balaban J connectivity index is 2.54. The van der Waals surface area contributed by atoms with Crippen molar-refractivity contribution in [3.05, 3.63) is 59.7 Å². The lowest BCUT2D eigenvalue weighted by Crippen LogP contribution is -2.21. The van der Waals surface area contributed by atoms with Crippen LogP contribution in [0.3, 0.4) is 0 Å². The fourth-order valence-electron chi connectivity index (χ4n) is 2.22. The first kappa shape index (κ1) is 13.5. The van der Waals surface area contributed by atoms with Gasteiger partial charge in [0.25, 0.3) is 0 Å². The minimum absolute atomic E-state index is 0.197. The average molecular weight is 252 g/mol. The number of benzene rings is 2. The molecule has 0 bridgehead atoms. The summed E-state index contributed by atoms with van der Waals surface area (Å²) in [5.74, 6) is 0.197. The Labute approximate surface area is 115 Å². The predicted molar refractivity (Wildman–Crippen MR) is 80.4 cm³/mol. The minimum Gasteiger partial charge on any atom is -0.294 e. The summed E-state index contributed by atoms with van der Waals surface area (Å²) in [6.45, 7) is 7.92. The molecule has 98 valence electrons. The molecule has 0 fully saturated rings. The molecule has 0 amide bonds. The summed E-state index contributed by atoms with van der Waals surface area (Å²) in [7, 11) is 0. The summed E-state index contributed by atoms with van der Waals surface area (Å²) in [6, 6.07) is 16.2. The van der Waals surface area contributed by atoms with E-state index < -0.39 is 0 Å². The van der Waals surface area contributed by atoms with Gasteiger partial charge in [0.1, 0.15) is 0 Å². The summed E-state index contributed by atoms with van der Waals surface area (Å²) in [5, 5.41) is 0. The second kappa shape index (κ2) is 5.00. The van der Waals surface area contributed by atoms with Crippen molar-refractivity contribution in [3.8, 4) is 11.1 Å². The molecule has 1 heteroatoms. The van der Waals surface area contributed by atoms with Gasteiger partial charge in [0.05, 0.1) is 0 Å². The molecule has 0 aromatic heterocycles. The van der Waals surface area contributed by atoms with E-state index in [9.17, 15) is 4.79 Å². The number of carbonyl (C=O) groups is 1. The van der Waals surface area contributed by atoms with Gasteiger partial charge >= 0.3 is 0 Å². The summed E-state index contributed by atoms with van der Waals surface area (Å²) in [6.07, 6.45) is 0. The van der Waals surface area contributed by atoms with Crippen LogP contribution in [0.15, 0.2) is 48.5 Å². The molecular formula is C18H20O. The Bertz CT molecular complexity index is 589. The van der Waals surface area contributed by atoms with Crippen molar-refractivity contribution >= 4 is 5.78 Å². The fourth-order valence-corrected chi connectivity index (χ4v) is 2.22. The van der Waals surface area contributed by atoms with Crippen molar-refractivity contribution in [3.63, 3.8) is 0 Å². The maximum Gasteiger partial charge on any atom is 0.168 e. The predicted octanol–water partition coefficient (Wildman–Crippen LogP) is 4.89. The van der Waals surface area contributed by atoms with Crippen LogP contribution in [-0.4, -0.2) is 5.78 Å². The fraction of sp³-hybridized carbons (Fsp3) is 0.278.